The molecular weight excluding hydrogens is 328 g/mol. The van der Waals surface area contributed by atoms with Gasteiger partial charge in [-0.3, -0.25) is 9.69 Å². The van der Waals surface area contributed by atoms with E-state index in [1.165, 1.54) is 4.90 Å². The Bertz CT molecular complexity index is 495. The van der Waals surface area contributed by atoms with Crippen LogP contribution in [0.2, 0.25) is 0 Å². The predicted octanol–water partition coefficient (Wildman–Crippen LogP) is 2.62. The molecule has 1 N–H and O–H groups in total. The van der Waals surface area contributed by atoms with Gasteiger partial charge in [0, 0.05) is 4.47 Å². The van der Waals surface area contributed by atoms with Crippen molar-refractivity contribution in [1.82, 2.24) is 10.2 Å². The molecule has 1 aliphatic heterocycles. The molecule has 1 aromatic rings. The van der Waals surface area contributed by atoms with Gasteiger partial charge in [-0.15, -0.1) is 0 Å². The van der Waals surface area contributed by atoms with Crippen molar-refractivity contribution in [2.75, 3.05) is 12.0 Å². The molecule has 0 aromatic heterocycles. The summed E-state index contributed by atoms with van der Waals surface area (Å²) in [6, 6.07) is 6.96. The van der Waals surface area contributed by atoms with Gasteiger partial charge >= 0.3 is 6.03 Å². The van der Waals surface area contributed by atoms with Crippen molar-refractivity contribution in [2.24, 2.45) is 0 Å². The molecule has 1 saturated heterocycles. The fourth-order valence-corrected chi connectivity index (χ4v) is 2.89. The number of benzene rings is 1. The van der Waals surface area contributed by atoms with Crippen molar-refractivity contribution in [3.63, 3.8) is 0 Å². The highest BCUT2D eigenvalue weighted by molar-refractivity contribution is 9.10. The molecule has 0 radical (unpaired) electrons. The fraction of sp³-hybridized carbons (Fsp3) is 0.385. The number of carbonyl (C=O) groups is 2. The van der Waals surface area contributed by atoms with Gasteiger partial charge in [0.2, 0.25) is 0 Å². The third kappa shape index (κ3) is 3.51. The average molecular weight is 343 g/mol. The normalized spacial score (nSPS) is 18.8. The van der Waals surface area contributed by atoms with Gasteiger partial charge in [-0.2, -0.15) is 11.8 Å². The molecule has 0 spiro atoms. The second-order valence-corrected chi connectivity index (χ2v) is 6.24. The summed E-state index contributed by atoms with van der Waals surface area (Å²) in [6.45, 7) is 0.319. The van der Waals surface area contributed by atoms with Crippen molar-refractivity contribution in [2.45, 2.75) is 19.0 Å². The first-order valence-electron chi connectivity index (χ1n) is 5.97. The number of hydrogen-bond donors (Lipinski definition) is 1. The van der Waals surface area contributed by atoms with Crippen molar-refractivity contribution in [3.05, 3.63) is 34.3 Å². The molecule has 6 heteroatoms. The summed E-state index contributed by atoms with van der Waals surface area (Å²) in [5.41, 5.74) is 0.934. The van der Waals surface area contributed by atoms with Crippen molar-refractivity contribution < 1.29 is 9.59 Å². The van der Waals surface area contributed by atoms with E-state index < -0.39 is 0 Å². The molecule has 1 heterocycles. The van der Waals surface area contributed by atoms with Crippen molar-refractivity contribution >= 4 is 39.6 Å². The standard InChI is InChI=1S/C13H15BrN2O2S/c1-19-6-5-11-12(17)16(13(18)15-11)8-9-3-2-4-10(14)7-9/h2-4,7,11H,5-6,8H2,1H3,(H,15,18). The number of carbonyl (C=O) groups excluding carboxylic acids is 2. The average Bonchev–Trinajstić information content (AvgIpc) is 2.64. The molecule has 3 amide bonds. The molecule has 4 nitrogen and oxygen atoms in total. The number of urea groups is 1. The molecule has 0 saturated carbocycles. The number of hydrogen-bond acceptors (Lipinski definition) is 3. The van der Waals surface area contributed by atoms with Gasteiger partial charge in [-0.25, -0.2) is 4.79 Å². The van der Waals surface area contributed by atoms with E-state index in [0.29, 0.717) is 13.0 Å². The molecule has 1 unspecified atom stereocenters. The fourth-order valence-electron chi connectivity index (χ4n) is 1.98. The third-order valence-corrected chi connectivity index (χ3v) is 4.08. The van der Waals surface area contributed by atoms with Crippen molar-refractivity contribution in [3.8, 4) is 0 Å². The van der Waals surface area contributed by atoms with Gasteiger partial charge in [0.1, 0.15) is 6.04 Å². The Kier molecular flexibility index (Phi) is 4.87. The first-order chi connectivity index (χ1) is 9.11. The lowest BCUT2D eigenvalue weighted by atomic mass is 10.2. The maximum absolute atomic E-state index is 12.1. The van der Waals surface area contributed by atoms with Gasteiger partial charge < -0.3 is 5.32 Å². The molecule has 1 atom stereocenters. The molecule has 0 aliphatic carbocycles. The summed E-state index contributed by atoms with van der Waals surface area (Å²) in [5.74, 6) is 0.737. The van der Waals surface area contributed by atoms with Crippen LogP contribution in [0.3, 0.4) is 0 Å². The van der Waals surface area contributed by atoms with Crippen LogP contribution in [0.1, 0.15) is 12.0 Å². The molecule has 102 valence electrons. The maximum Gasteiger partial charge on any atom is 0.325 e. The van der Waals surface area contributed by atoms with E-state index in [1.54, 1.807) is 11.8 Å². The van der Waals surface area contributed by atoms with Crippen LogP contribution in [-0.4, -0.2) is 34.9 Å². The van der Waals surface area contributed by atoms with E-state index >= 15 is 0 Å². The molecule has 1 aliphatic rings. The van der Waals surface area contributed by atoms with E-state index in [0.717, 1.165) is 15.8 Å². The number of imide groups is 1. The maximum atomic E-state index is 12.1. The zero-order valence-corrected chi connectivity index (χ0v) is 13.0. The second kappa shape index (κ2) is 6.43. The van der Waals surface area contributed by atoms with Gasteiger partial charge in [0.25, 0.3) is 5.91 Å². The zero-order valence-electron chi connectivity index (χ0n) is 10.6. The Labute approximate surface area is 125 Å². The first-order valence-corrected chi connectivity index (χ1v) is 8.15. The first kappa shape index (κ1) is 14.4. The Hall–Kier alpha value is -1.01. The molecule has 0 bridgehead atoms. The molecule has 19 heavy (non-hydrogen) atoms. The van der Waals surface area contributed by atoms with Crippen LogP contribution in [0.4, 0.5) is 4.79 Å². The highest BCUT2D eigenvalue weighted by atomic mass is 79.9. The zero-order chi connectivity index (χ0) is 13.8. The van der Waals surface area contributed by atoms with Crippen LogP contribution in [0.15, 0.2) is 28.7 Å². The molecule has 1 aromatic carbocycles. The smallest absolute Gasteiger partial charge is 0.325 e. The SMILES string of the molecule is CSCCC1NC(=O)N(Cc2cccc(Br)c2)C1=O. The van der Waals surface area contributed by atoms with Gasteiger partial charge in [0.05, 0.1) is 6.54 Å². The van der Waals surface area contributed by atoms with E-state index in [1.807, 2.05) is 30.5 Å². The van der Waals surface area contributed by atoms with E-state index in [2.05, 4.69) is 21.2 Å². The summed E-state index contributed by atoms with van der Waals surface area (Å²) in [5, 5.41) is 2.74. The number of rotatable bonds is 5. The quantitative estimate of drug-likeness (QED) is 0.836. The lowest BCUT2D eigenvalue weighted by Gasteiger charge is -2.13. The Morgan fingerprint density at radius 2 is 2.21 bits per heavy atom. The van der Waals surface area contributed by atoms with Gasteiger partial charge in [0.15, 0.2) is 0 Å². The topological polar surface area (TPSA) is 49.4 Å². The van der Waals surface area contributed by atoms with Crippen LogP contribution in [-0.2, 0) is 11.3 Å². The lowest BCUT2D eigenvalue weighted by Crippen LogP contribution is -2.31. The number of nitrogens with one attached hydrogen (secondary N) is 1. The van der Waals surface area contributed by atoms with Crippen LogP contribution < -0.4 is 5.32 Å². The Morgan fingerprint density at radius 3 is 2.89 bits per heavy atom. The minimum atomic E-state index is -0.368. The van der Waals surface area contributed by atoms with Crippen LogP contribution in [0.25, 0.3) is 0 Å². The predicted molar refractivity (Wildman–Crippen MR) is 80.0 cm³/mol. The van der Waals surface area contributed by atoms with Crippen molar-refractivity contribution in [1.29, 1.82) is 0 Å². The lowest BCUT2D eigenvalue weighted by molar-refractivity contribution is -0.127. The number of thioether (sulfide) groups is 1. The van der Waals surface area contributed by atoms with E-state index in [9.17, 15) is 9.59 Å². The van der Waals surface area contributed by atoms with Gasteiger partial charge in [-0.05, 0) is 36.1 Å². The molecule has 2 rings (SSSR count). The summed E-state index contributed by atoms with van der Waals surface area (Å²) >= 11 is 5.05. The van der Waals surface area contributed by atoms with Gasteiger partial charge in [-0.1, -0.05) is 28.1 Å². The Balaban J connectivity index is 2.04. The second-order valence-electron chi connectivity index (χ2n) is 4.34. The number of amides is 3. The summed E-state index contributed by atoms with van der Waals surface area (Å²) in [4.78, 5) is 25.2. The summed E-state index contributed by atoms with van der Waals surface area (Å²) in [7, 11) is 0. The number of halogens is 1. The highest BCUT2D eigenvalue weighted by Gasteiger charge is 2.37. The summed E-state index contributed by atoms with van der Waals surface area (Å²) in [6.07, 6.45) is 2.67. The Morgan fingerprint density at radius 1 is 1.42 bits per heavy atom. The monoisotopic (exact) mass is 342 g/mol. The van der Waals surface area contributed by atoms with E-state index in [4.69, 9.17) is 0 Å². The van der Waals surface area contributed by atoms with Crippen LogP contribution in [0.5, 0.6) is 0 Å². The largest absolute Gasteiger partial charge is 0.326 e. The van der Waals surface area contributed by atoms with E-state index in [-0.39, 0.29) is 18.0 Å². The minimum Gasteiger partial charge on any atom is -0.326 e. The third-order valence-electron chi connectivity index (χ3n) is 2.95. The van der Waals surface area contributed by atoms with Crippen LogP contribution in [0, 0.1) is 0 Å². The minimum absolute atomic E-state index is 0.126. The number of nitrogens with zero attached hydrogens (tertiary/aromatic N) is 1. The highest BCUT2D eigenvalue weighted by Crippen LogP contribution is 2.17. The molecular formula is C13H15BrN2O2S. The molecule has 1 fully saturated rings. The van der Waals surface area contributed by atoms with Crippen LogP contribution >= 0.6 is 27.7 Å². The summed E-state index contributed by atoms with van der Waals surface area (Å²) < 4.78 is 0.941.